The molecule has 0 aliphatic carbocycles. The zero-order chi connectivity index (χ0) is 15.6. The van der Waals surface area contributed by atoms with Crippen molar-refractivity contribution in [1.29, 1.82) is 5.26 Å². The molecule has 0 aliphatic heterocycles. The van der Waals surface area contributed by atoms with Gasteiger partial charge in [-0.2, -0.15) is 10.4 Å². The van der Waals surface area contributed by atoms with Crippen molar-refractivity contribution in [1.82, 2.24) is 9.78 Å². The lowest BCUT2D eigenvalue weighted by molar-refractivity contribution is 0.0965. The number of benzene rings is 1. The van der Waals surface area contributed by atoms with Gasteiger partial charge in [0.15, 0.2) is 5.78 Å². The highest BCUT2D eigenvalue weighted by molar-refractivity contribution is 5.95. The van der Waals surface area contributed by atoms with E-state index in [1.54, 1.807) is 13.8 Å². The van der Waals surface area contributed by atoms with E-state index in [1.165, 1.54) is 24.3 Å². The van der Waals surface area contributed by atoms with Crippen molar-refractivity contribution in [2.45, 2.75) is 20.4 Å². The molecule has 2 aromatic rings. The summed E-state index contributed by atoms with van der Waals surface area (Å²) in [4.78, 5) is 24.1. The summed E-state index contributed by atoms with van der Waals surface area (Å²) in [6.07, 6.45) is 0. The minimum atomic E-state index is -0.601. The molecule has 21 heavy (non-hydrogen) atoms. The molecule has 1 aromatic carbocycles. The minimum absolute atomic E-state index is 0.0191. The first-order chi connectivity index (χ1) is 9.93. The number of ketones is 1. The Hall–Kier alpha value is -2.81. The molecule has 0 fully saturated rings. The number of nitrogens with zero attached hydrogens (tertiary/aromatic N) is 3. The van der Waals surface area contributed by atoms with Crippen molar-refractivity contribution in [3.05, 3.63) is 62.8 Å². The third-order valence-electron chi connectivity index (χ3n) is 3.21. The standard InChI is InChI=1S/C15H12FN3O2/c1-9-10(2)18-19(15(21)13(9)7-17)8-14(20)11-3-5-12(16)6-4-11/h3-6H,8H2,1-2H3. The topological polar surface area (TPSA) is 75.8 Å². The molecule has 0 unspecified atom stereocenters. The maximum absolute atomic E-state index is 12.8. The number of aryl methyl sites for hydroxylation is 1. The van der Waals surface area contributed by atoms with Crippen LogP contribution in [0.2, 0.25) is 0 Å². The van der Waals surface area contributed by atoms with Gasteiger partial charge in [0.1, 0.15) is 24.0 Å². The summed E-state index contributed by atoms with van der Waals surface area (Å²) in [5, 5.41) is 13.0. The molecule has 1 heterocycles. The van der Waals surface area contributed by atoms with Gasteiger partial charge in [-0.3, -0.25) is 9.59 Å². The van der Waals surface area contributed by atoms with Crippen molar-refractivity contribution in [3.8, 4) is 6.07 Å². The molecule has 0 radical (unpaired) electrons. The summed E-state index contributed by atoms with van der Waals surface area (Å²) in [6, 6.07) is 6.86. The molecule has 0 atom stereocenters. The highest BCUT2D eigenvalue weighted by Gasteiger charge is 2.14. The summed E-state index contributed by atoms with van der Waals surface area (Å²) in [7, 11) is 0. The van der Waals surface area contributed by atoms with Crippen LogP contribution >= 0.6 is 0 Å². The zero-order valence-corrected chi connectivity index (χ0v) is 11.6. The lowest BCUT2D eigenvalue weighted by Gasteiger charge is -2.08. The normalized spacial score (nSPS) is 10.2. The van der Waals surface area contributed by atoms with Crippen LogP contribution in [0.4, 0.5) is 4.39 Å². The van der Waals surface area contributed by atoms with E-state index in [9.17, 15) is 14.0 Å². The van der Waals surface area contributed by atoms with Gasteiger partial charge in [0, 0.05) is 5.56 Å². The largest absolute Gasteiger partial charge is 0.292 e. The summed E-state index contributed by atoms with van der Waals surface area (Å²) >= 11 is 0. The van der Waals surface area contributed by atoms with E-state index in [-0.39, 0.29) is 23.5 Å². The highest BCUT2D eigenvalue weighted by atomic mass is 19.1. The fourth-order valence-electron chi connectivity index (χ4n) is 1.87. The Kier molecular flexibility index (Phi) is 3.94. The summed E-state index contributed by atoms with van der Waals surface area (Å²) in [5.41, 5.74) is 0.679. The van der Waals surface area contributed by atoms with Crippen LogP contribution in [0.15, 0.2) is 29.1 Å². The van der Waals surface area contributed by atoms with Crippen molar-refractivity contribution in [3.63, 3.8) is 0 Å². The molecule has 1 aromatic heterocycles. The van der Waals surface area contributed by atoms with Crippen LogP contribution in [0.25, 0.3) is 0 Å². The number of carbonyl (C=O) groups excluding carboxylic acids is 1. The first-order valence-electron chi connectivity index (χ1n) is 6.21. The highest BCUT2D eigenvalue weighted by Crippen LogP contribution is 2.07. The quantitative estimate of drug-likeness (QED) is 0.805. The van der Waals surface area contributed by atoms with Crippen molar-refractivity contribution >= 4 is 5.78 Å². The van der Waals surface area contributed by atoms with Gasteiger partial charge >= 0.3 is 0 Å². The molecule has 0 N–H and O–H groups in total. The predicted octanol–water partition coefficient (Wildman–Crippen LogP) is 1.75. The van der Waals surface area contributed by atoms with Gasteiger partial charge in [-0.25, -0.2) is 9.07 Å². The Morgan fingerprint density at radius 2 is 1.95 bits per heavy atom. The predicted molar refractivity (Wildman–Crippen MR) is 73.4 cm³/mol. The van der Waals surface area contributed by atoms with Crippen LogP contribution in [-0.2, 0) is 6.54 Å². The van der Waals surface area contributed by atoms with Crippen LogP contribution in [0.1, 0.15) is 27.2 Å². The second-order valence-corrected chi connectivity index (χ2v) is 4.59. The molecular formula is C15H12FN3O2. The smallest absolute Gasteiger partial charge is 0.285 e. The van der Waals surface area contributed by atoms with Gasteiger partial charge in [-0.05, 0) is 43.7 Å². The first-order valence-corrected chi connectivity index (χ1v) is 6.21. The average molecular weight is 285 g/mol. The Bertz CT molecular complexity index is 801. The fraction of sp³-hybridized carbons (Fsp3) is 0.200. The second kappa shape index (κ2) is 5.67. The zero-order valence-electron chi connectivity index (χ0n) is 11.6. The fourth-order valence-corrected chi connectivity index (χ4v) is 1.87. The molecule has 0 saturated heterocycles. The monoisotopic (exact) mass is 285 g/mol. The molecule has 0 spiro atoms. The number of hydrogen-bond acceptors (Lipinski definition) is 4. The van der Waals surface area contributed by atoms with Crippen LogP contribution in [0.3, 0.4) is 0 Å². The summed E-state index contributed by atoms with van der Waals surface area (Å²) < 4.78 is 13.8. The minimum Gasteiger partial charge on any atom is -0.292 e. The number of hydrogen-bond donors (Lipinski definition) is 0. The maximum Gasteiger partial charge on any atom is 0.285 e. The van der Waals surface area contributed by atoms with Crippen molar-refractivity contribution in [2.24, 2.45) is 0 Å². The molecule has 2 rings (SSSR count). The number of nitriles is 1. The Morgan fingerprint density at radius 3 is 2.52 bits per heavy atom. The molecule has 0 amide bonds. The molecule has 6 heteroatoms. The Morgan fingerprint density at radius 1 is 1.33 bits per heavy atom. The van der Waals surface area contributed by atoms with Gasteiger partial charge in [-0.15, -0.1) is 0 Å². The van der Waals surface area contributed by atoms with E-state index in [1.807, 2.05) is 6.07 Å². The average Bonchev–Trinajstić information content (AvgIpc) is 2.46. The first kappa shape index (κ1) is 14.6. The molecule has 5 nitrogen and oxygen atoms in total. The molecule has 0 bridgehead atoms. The lowest BCUT2D eigenvalue weighted by Crippen LogP contribution is -2.30. The molecular weight excluding hydrogens is 273 g/mol. The van der Waals surface area contributed by atoms with E-state index in [4.69, 9.17) is 5.26 Å². The Labute approximate surface area is 120 Å². The van der Waals surface area contributed by atoms with Crippen LogP contribution in [0.5, 0.6) is 0 Å². The third kappa shape index (κ3) is 2.87. The van der Waals surface area contributed by atoms with Crippen molar-refractivity contribution < 1.29 is 9.18 Å². The third-order valence-corrected chi connectivity index (χ3v) is 3.21. The van der Waals surface area contributed by atoms with E-state index in [0.717, 1.165) is 4.68 Å². The van der Waals surface area contributed by atoms with Crippen LogP contribution < -0.4 is 5.56 Å². The van der Waals surface area contributed by atoms with Gasteiger partial charge in [0.25, 0.3) is 5.56 Å². The van der Waals surface area contributed by atoms with Crippen LogP contribution in [-0.4, -0.2) is 15.6 Å². The van der Waals surface area contributed by atoms with Crippen molar-refractivity contribution in [2.75, 3.05) is 0 Å². The van der Waals surface area contributed by atoms with Gasteiger partial charge in [0.05, 0.1) is 5.69 Å². The summed E-state index contributed by atoms with van der Waals surface area (Å²) in [5.74, 6) is -0.823. The number of Topliss-reactive ketones (excluding diaryl/α,β-unsaturated/α-hetero) is 1. The van der Waals surface area contributed by atoms with Gasteiger partial charge in [-0.1, -0.05) is 0 Å². The molecule has 0 aliphatic rings. The van der Waals surface area contributed by atoms with Crippen LogP contribution in [0, 0.1) is 31.0 Å². The van der Waals surface area contributed by atoms with E-state index in [0.29, 0.717) is 11.3 Å². The number of carbonyl (C=O) groups is 1. The molecule has 106 valence electrons. The SMILES string of the molecule is Cc1nn(CC(=O)c2ccc(F)cc2)c(=O)c(C#N)c1C. The lowest BCUT2D eigenvalue weighted by atomic mass is 10.1. The number of aromatic nitrogens is 2. The summed E-state index contributed by atoms with van der Waals surface area (Å²) in [6.45, 7) is 3.00. The molecule has 0 saturated carbocycles. The van der Waals surface area contributed by atoms with Gasteiger partial charge < -0.3 is 0 Å². The van der Waals surface area contributed by atoms with Gasteiger partial charge in [0.2, 0.25) is 0 Å². The maximum atomic E-state index is 12.8. The second-order valence-electron chi connectivity index (χ2n) is 4.59. The number of halogens is 1. The van der Waals surface area contributed by atoms with E-state index >= 15 is 0 Å². The van der Waals surface area contributed by atoms with E-state index < -0.39 is 11.4 Å². The number of rotatable bonds is 3. The van der Waals surface area contributed by atoms with E-state index in [2.05, 4.69) is 5.10 Å². The Balaban J connectivity index is 2.39.